The summed E-state index contributed by atoms with van der Waals surface area (Å²) in [6.45, 7) is 0.237. The van der Waals surface area contributed by atoms with Gasteiger partial charge in [0, 0.05) is 5.56 Å². The molecule has 0 atom stereocenters. The Morgan fingerprint density at radius 3 is 1.92 bits per heavy atom. The van der Waals surface area contributed by atoms with Crippen LogP contribution in [-0.4, -0.2) is 32.6 Å². The van der Waals surface area contributed by atoms with Gasteiger partial charge >= 0.3 is 6.09 Å². The van der Waals surface area contributed by atoms with Crippen LogP contribution in [0, 0.1) is 0 Å². The monoisotopic (exact) mass is 324 g/mol. The van der Waals surface area contributed by atoms with E-state index in [1.54, 1.807) is 14.2 Å². The molecule has 2 aromatic carbocycles. The molecule has 0 aromatic heterocycles. The van der Waals surface area contributed by atoms with Gasteiger partial charge < -0.3 is 9.47 Å². The molecule has 5 heteroatoms. The van der Waals surface area contributed by atoms with Gasteiger partial charge in [0.15, 0.2) is 0 Å². The standard InChI is InChI=1S/C19H17FN2O2/c1-23-16-7-3-13(4-8-16)15-11-18(22-19(20)21-12-15)14-5-9-17(24-2)10-6-14/h3-11H,12H2,1-2H3. The highest BCUT2D eigenvalue weighted by molar-refractivity contribution is 6.16. The second kappa shape index (κ2) is 7.08. The van der Waals surface area contributed by atoms with E-state index in [0.717, 1.165) is 28.2 Å². The summed E-state index contributed by atoms with van der Waals surface area (Å²) in [4.78, 5) is 7.84. The number of rotatable bonds is 4. The summed E-state index contributed by atoms with van der Waals surface area (Å²) in [6, 6.07) is 14.9. The predicted octanol–water partition coefficient (Wildman–Crippen LogP) is 3.92. The number of methoxy groups -OCH3 is 2. The Morgan fingerprint density at radius 2 is 1.38 bits per heavy atom. The molecule has 2 aromatic rings. The van der Waals surface area contributed by atoms with Gasteiger partial charge in [-0.1, -0.05) is 12.1 Å². The molecule has 0 aliphatic carbocycles. The molecule has 0 unspecified atom stereocenters. The molecule has 1 heterocycles. The summed E-state index contributed by atoms with van der Waals surface area (Å²) >= 11 is 0. The molecule has 0 saturated heterocycles. The first-order valence-electron chi connectivity index (χ1n) is 7.47. The second-order valence-electron chi connectivity index (χ2n) is 5.21. The Kier molecular flexibility index (Phi) is 4.70. The van der Waals surface area contributed by atoms with Gasteiger partial charge in [-0.15, -0.1) is 0 Å². The molecule has 0 amide bonds. The maximum Gasteiger partial charge on any atom is 0.304 e. The average Bonchev–Trinajstić information content (AvgIpc) is 2.84. The molecule has 1 aliphatic rings. The van der Waals surface area contributed by atoms with E-state index < -0.39 is 6.09 Å². The molecule has 4 nitrogen and oxygen atoms in total. The summed E-state index contributed by atoms with van der Waals surface area (Å²) in [7, 11) is 3.22. The zero-order valence-corrected chi connectivity index (χ0v) is 13.5. The minimum Gasteiger partial charge on any atom is -0.497 e. The van der Waals surface area contributed by atoms with Crippen LogP contribution in [0.5, 0.6) is 11.5 Å². The van der Waals surface area contributed by atoms with Crippen LogP contribution in [0.25, 0.3) is 5.57 Å². The van der Waals surface area contributed by atoms with Crippen molar-refractivity contribution >= 4 is 17.4 Å². The van der Waals surface area contributed by atoms with Gasteiger partial charge in [-0.3, -0.25) is 0 Å². The van der Waals surface area contributed by atoms with E-state index in [1.165, 1.54) is 0 Å². The summed E-state index contributed by atoms with van der Waals surface area (Å²) in [5, 5.41) is 0. The van der Waals surface area contributed by atoms with E-state index in [-0.39, 0.29) is 6.54 Å². The first-order chi connectivity index (χ1) is 11.7. The molecule has 24 heavy (non-hydrogen) atoms. The molecule has 0 bridgehead atoms. The van der Waals surface area contributed by atoms with Gasteiger partial charge in [0.05, 0.1) is 26.5 Å². The van der Waals surface area contributed by atoms with Gasteiger partial charge in [0.2, 0.25) is 0 Å². The third-order valence-corrected chi connectivity index (χ3v) is 3.75. The van der Waals surface area contributed by atoms with E-state index in [4.69, 9.17) is 9.47 Å². The fraction of sp³-hybridized carbons (Fsp3) is 0.158. The lowest BCUT2D eigenvalue weighted by molar-refractivity contribution is 0.414. The van der Waals surface area contributed by atoms with Crippen molar-refractivity contribution < 1.29 is 13.9 Å². The maximum absolute atomic E-state index is 13.8. The third kappa shape index (κ3) is 3.51. The number of aliphatic imine (C=N–C) groups is 2. The van der Waals surface area contributed by atoms with Crippen molar-refractivity contribution in [1.29, 1.82) is 0 Å². The van der Waals surface area contributed by atoms with Crippen molar-refractivity contribution in [2.75, 3.05) is 20.8 Å². The summed E-state index contributed by atoms with van der Waals surface area (Å²) in [6.07, 6.45) is 1.14. The average molecular weight is 324 g/mol. The van der Waals surface area contributed by atoms with Gasteiger partial charge in [0.1, 0.15) is 11.5 Å². The van der Waals surface area contributed by atoms with E-state index in [1.807, 2.05) is 54.6 Å². The number of allylic oxidation sites excluding steroid dienone is 1. The van der Waals surface area contributed by atoms with Crippen molar-refractivity contribution in [1.82, 2.24) is 0 Å². The molecule has 1 aliphatic heterocycles. The Morgan fingerprint density at radius 1 is 0.833 bits per heavy atom. The van der Waals surface area contributed by atoms with Crippen LogP contribution in [0.2, 0.25) is 0 Å². The summed E-state index contributed by atoms with van der Waals surface area (Å²) < 4.78 is 24.1. The highest BCUT2D eigenvalue weighted by atomic mass is 19.1. The third-order valence-electron chi connectivity index (χ3n) is 3.75. The summed E-state index contributed by atoms with van der Waals surface area (Å²) in [5.74, 6) is 1.51. The Balaban J connectivity index is 1.97. The van der Waals surface area contributed by atoms with Crippen LogP contribution in [0.1, 0.15) is 11.1 Å². The minimum absolute atomic E-state index is 0.237. The smallest absolute Gasteiger partial charge is 0.304 e. The Hall–Kier alpha value is -2.95. The fourth-order valence-corrected chi connectivity index (χ4v) is 2.42. The second-order valence-corrected chi connectivity index (χ2v) is 5.21. The van der Waals surface area contributed by atoms with Crippen LogP contribution in [-0.2, 0) is 0 Å². The lowest BCUT2D eigenvalue weighted by Crippen LogP contribution is -2.00. The van der Waals surface area contributed by atoms with Gasteiger partial charge in [0.25, 0.3) is 0 Å². The lowest BCUT2D eigenvalue weighted by atomic mass is 10.0. The Labute approximate surface area is 140 Å². The topological polar surface area (TPSA) is 43.2 Å². The molecule has 0 spiro atoms. The van der Waals surface area contributed by atoms with Gasteiger partial charge in [-0.25, -0.2) is 9.98 Å². The number of ether oxygens (including phenoxy) is 2. The van der Waals surface area contributed by atoms with Crippen LogP contribution in [0.15, 0.2) is 64.6 Å². The van der Waals surface area contributed by atoms with Crippen LogP contribution < -0.4 is 9.47 Å². The highest BCUT2D eigenvalue weighted by Crippen LogP contribution is 2.22. The maximum atomic E-state index is 13.8. The van der Waals surface area contributed by atoms with Crippen molar-refractivity contribution in [3.63, 3.8) is 0 Å². The van der Waals surface area contributed by atoms with E-state index in [2.05, 4.69) is 9.98 Å². The number of hydrogen-bond donors (Lipinski definition) is 0. The number of nitrogens with zero attached hydrogens (tertiary/aromatic N) is 2. The molecule has 3 rings (SSSR count). The van der Waals surface area contributed by atoms with E-state index in [0.29, 0.717) is 5.71 Å². The van der Waals surface area contributed by atoms with Gasteiger partial charge in [-0.05, 0) is 53.6 Å². The highest BCUT2D eigenvalue weighted by Gasteiger charge is 2.12. The van der Waals surface area contributed by atoms with Crippen LogP contribution in [0.4, 0.5) is 4.39 Å². The van der Waals surface area contributed by atoms with E-state index in [9.17, 15) is 4.39 Å². The largest absolute Gasteiger partial charge is 0.497 e. The van der Waals surface area contributed by atoms with Gasteiger partial charge in [-0.2, -0.15) is 4.39 Å². The summed E-state index contributed by atoms with van der Waals surface area (Å²) in [5.41, 5.74) is 3.17. The molecular formula is C19H17FN2O2. The molecule has 0 radical (unpaired) electrons. The molecule has 0 saturated carbocycles. The molecular weight excluding hydrogens is 307 g/mol. The molecule has 0 N–H and O–H groups in total. The van der Waals surface area contributed by atoms with Crippen molar-refractivity contribution in [2.24, 2.45) is 9.98 Å². The SMILES string of the molecule is COc1ccc(C2=CC(c3ccc(OC)cc3)=NC(F)=NC2)cc1. The first kappa shape index (κ1) is 15.9. The van der Waals surface area contributed by atoms with E-state index >= 15 is 0 Å². The zero-order chi connectivity index (χ0) is 16.9. The fourth-order valence-electron chi connectivity index (χ4n) is 2.42. The normalized spacial score (nSPS) is 14.2. The quantitative estimate of drug-likeness (QED) is 0.800. The Bertz CT molecular complexity index is 806. The minimum atomic E-state index is -0.722. The van der Waals surface area contributed by atoms with Crippen molar-refractivity contribution in [2.45, 2.75) is 0 Å². The number of amidine groups is 1. The number of hydrogen-bond acceptors (Lipinski definition) is 4. The number of benzene rings is 2. The molecule has 0 fully saturated rings. The lowest BCUT2D eigenvalue weighted by Gasteiger charge is -2.07. The number of halogens is 1. The predicted molar refractivity (Wildman–Crippen MR) is 93.9 cm³/mol. The zero-order valence-electron chi connectivity index (χ0n) is 13.5. The van der Waals surface area contributed by atoms with Crippen molar-refractivity contribution in [3.8, 4) is 11.5 Å². The first-order valence-corrected chi connectivity index (χ1v) is 7.47. The van der Waals surface area contributed by atoms with Crippen LogP contribution in [0.3, 0.4) is 0 Å². The van der Waals surface area contributed by atoms with Crippen molar-refractivity contribution in [3.05, 3.63) is 65.7 Å². The van der Waals surface area contributed by atoms with Crippen LogP contribution >= 0.6 is 0 Å². The molecule has 122 valence electrons.